The predicted octanol–water partition coefficient (Wildman–Crippen LogP) is 1.91. The average molecular weight is 237 g/mol. The van der Waals surface area contributed by atoms with E-state index in [-0.39, 0.29) is 11.6 Å². The minimum absolute atomic E-state index is 0.231. The summed E-state index contributed by atoms with van der Waals surface area (Å²) in [5.41, 5.74) is -0.361. The first kappa shape index (κ1) is 11.2. The Hall–Kier alpha value is -0.940. The molecule has 1 aromatic heterocycles. The van der Waals surface area contributed by atoms with Crippen molar-refractivity contribution in [2.45, 2.75) is 50.7 Å². The molecule has 2 unspecified atom stereocenters. The highest BCUT2D eigenvalue weighted by molar-refractivity contribution is 5.00. The van der Waals surface area contributed by atoms with Gasteiger partial charge >= 0.3 is 0 Å². The van der Waals surface area contributed by atoms with Gasteiger partial charge in [0.15, 0.2) is 0 Å². The van der Waals surface area contributed by atoms with Crippen molar-refractivity contribution in [3.63, 3.8) is 0 Å². The summed E-state index contributed by atoms with van der Waals surface area (Å²) in [5, 5.41) is 11.7. The molecule has 2 fully saturated rings. The van der Waals surface area contributed by atoms with Crippen LogP contribution < -0.4 is 5.32 Å². The Morgan fingerprint density at radius 2 is 2.24 bits per heavy atom. The summed E-state index contributed by atoms with van der Waals surface area (Å²) in [5.74, 6) is 1.36. The van der Waals surface area contributed by atoms with Crippen molar-refractivity contribution in [2.75, 3.05) is 13.2 Å². The molecule has 0 radical (unpaired) electrons. The van der Waals surface area contributed by atoms with Crippen LogP contribution in [0.1, 0.15) is 56.9 Å². The lowest BCUT2D eigenvalue weighted by atomic mass is 10.0. The summed E-state index contributed by atoms with van der Waals surface area (Å²) >= 11 is 0. The minimum atomic E-state index is -0.361. The van der Waals surface area contributed by atoms with Crippen molar-refractivity contribution in [1.29, 1.82) is 0 Å². The van der Waals surface area contributed by atoms with Crippen LogP contribution in [0, 0.1) is 0 Å². The Labute approximate surface area is 101 Å². The number of nitrogens with zero attached hydrogens (tertiary/aromatic N) is 2. The van der Waals surface area contributed by atoms with Gasteiger partial charge < -0.3 is 14.5 Å². The zero-order chi connectivity index (χ0) is 11.7. The molecule has 1 aromatic rings. The highest BCUT2D eigenvalue weighted by atomic mass is 16.5. The highest BCUT2D eigenvalue weighted by Crippen LogP contribution is 2.35. The van der Waals surface area contributed by atoms with Gasteiger partial charge in [0.2, 0.25) is 11.8 Å². The standard InChI is InChI=1S/C12H19N3O2/c1-12(6-4-8-16-12)11-15-14-10(17-11)9-5-2-3-7-13-9/h9,13H,2-8H2,1H3. The fourth-order valence-corrected chi connectivity index (χ4v) is 2.60. The molecule has 0 bridgehead atoms. The first-order chi connectivity index (χ1) is 8.28. The van der Waals surface area contributed by atoms with E-state index in [1.54, 1.807) is 0 Å². The van der Waals surface area contributed by atoms with Gasteiger partial charge in [-0.25, -0.2) is 0 Å². The van der Waals surface area contributed by atoms with Gasteiger partial charge in [-0.05, 0) is 39.2 Å². The Morgan fingerprint density at radius 1 is 1.29 bits per heavy atom. The lowest BCUT2D eigenvalue weighted by Gasteiger charge is -2.20. The molecule has 94 valence electrons. The zero-order valence-electron chi connectivity index (χ0n) is 10.2. The first-order valence-electron chi connectivity index (χ1n) is 6.49. The van der Waals surface area contributed by atoms with E-state index in [1.807, 2.05) is 6.92 Å². The molecule has 5 heteroatoms. The molecular formula is C12H19N3O2. The molecule has 2 aliphatic heterocycles. The summed E-state index contributed by atoms with van der Waals surface area (Å²) in [6.45, 7) is 3.86. The Kier molecular flexibility index (Phi) is 2.88. The van der Waals surface area contributed by atoms with E-state index in [9.17, 15) is 0 Å². The van der Waals surface area contributed by atoms with Crippen LogP contribution in [0.15, 0.2) is 4.42 Å². The fourth-order valence-electron chi connectivity index (χ4n) is 2.60. The third kappa shape index (κ3) is 2.09. The van der Waals surface area contributed by atoms with Gasteiger partial charge in [0.25, 0.3) is 0 Å². The van der Waals surface area contributed by atoms with Crippen LogP contribution in [0.2, 0.25) is 0 Å². The van der Waals surface area contributed by atoms with E-state index in [2.05, 4.69) is 15.5 Å². The number of piperidine rings is 1. The fraction of sp³-hybridized carbons (Fsp3) is 0.833. The highest BCUT2D eigenvalue weighted by Gasteiger charge is 2.38. The summed E-state index contributed by atoms with van der Waals surface area (Å²) in [4.78, 5) is 0. The normalized spacial score (nSPS) is 34.1. The average Bonchev–Trinajstić information content (AvgIpc) is 2.99. The lowest BCUT2D eigenvalue weighted by molar-refractivity contribution is -0.00661. The SMILES string of the molecule is CC1(c2nnc(C3CCCCN3)o2)CCCO1. The number of hydrogen-bond donors (Lipinski definition) is 1. The molecule has 5 nitrogen and oxygen atoms in total. The molecule has 0 aliphatic carbocycles. The minimum Gasteiger partial charge on any atom is -0.420 e. The monoisotopic (exact) mass is 237 g/mol. The van der Waals surface area contributed by atoms with Gasteiger partial charge in [-0.1, -0.05) is 6.42 Å². The predicted molar refractivity (Wildman–Crippen MR) is 61.4 cm³/mol. The van der Waals surface area contributed by atoms with Crippen LogP contribution in [0.3, 0.4) is 0 Å². The molecule has 3 rings (SSSR count). The largest absolute Gasteiger partial charge is 0.420 e. The second-order valence-corrected chi connectivity index (χ2v) is 5.13. The second kappa shape index (κ2) is 4.38. The number of aromatic nitrogens is 2. The van der Waals surface area contributed by atoms with Crippen LogP contribution in [-0.2, 0) is 10.3 Å². The van der Waals surface area contributed by atoms with E-state index in [4.69, 9.17) is 9.15 Å². The molecule has 2 saturated heterocycles. The Balaban J connectivity index is 1.77. The van der Waals surface area contributed by atoms with Gasteiger partial charge in [0, 0.05) is 6.61 Å². The summed E-state index contributed by atoms with van der Waals surface area (Å²) < 4.78 is 11.5. The van der Waals surface area contributed by atoms with Crippen molar-refractivity contribution in [3.8, 4) is 0 Å². The molecule has 0 amide bonds. The van der Waals surface area contributed by atoms with Crippen LogP contribution in [0.5, 0.6) is 0 Å². The zero-order valence-corrected chi connectivity index (χ0v) is 10.2. The van der Waals surface area contributed by atoms with Gasteiger partial charge in [0.05, 0.1) is 6.04 Å². The third-order valence-electron chi connectivity index (χ3n) is 3.72. The lowest BCUT2D eigenvalue weighted by Crippen LogP contribution is -2.27. The molecule has 2 atom stereocenters. The van der Waals surface area contributed by atoms with Gasteiger partial charge in [-0.3, -0.25) is 0 Å². The summed E-state index contributed by atoms with van der Waals surface area (Å²) in [7, 11) is 0. The molecule has 17 heavy (non-hydrogen) atoms. The first-order valence-corrected chi connectivity index (χ1v) is 6.49. The van der Waals surface area contributed by atoms with E-state index in [0.29, 0.717) is 5.89 Å². The van der Waals surface area contributed by atoms with Crippen molar-refractivity contribution in [2.24, 2.45) is 0 Å². The van der Waals surface area contributed by atoms with E-state index in [0.717, 1.165) is 38.3 Å². The van der Waals surface area contributed by atoms with Crippen molar-refractivity contribution < 1.29 is 9.15 Å². The maximum atomic E-state index is 5.80. The Morgan fingerprint density at radius 3 is 2.94 bits per heavy atom. The van der Waals surface area contributed by atoms with Gasteiger partial charge in [-0.15, -0.1) is 10.2 Å². The third-order valence-corrected chi connectivity index (χ3v) is 3.72. The van der Waals surface area contributed by atoms with Gasteiger partial charge in [0.1, 0.15) is 5.60 Å². The van der Waals surface area contributed by atoms with E-state index < -0.39 is 0 Å². The van der Waals surface area contributed by atoms with Crippen LogP contribution in [0.25, 0.3) is 0 Å². The van der Waals surface area contributed by atoms with Crippen LogP contribution in [-0.4, -0.2) is 23.3 Å². The number of rotatable bonds is 2. The quantitative estimate of drug-likeness (QED) is 0.851. The topological polar surface area (TPSA) is 60.2 Å². The van der Waals surface area contributed by atoms with Gasteiger partial charge in [-0.2, -0.15) is 0 Å². The Bertz CT molecular complexity index is 379. The molecular weight excluding hydrogens is 218 g/mol. The number of hydrogen-bond acceptors (Lipinski definition) is 5. The summed E-state index contributed by atoms with van der Waals surface area (Å²) in [6, 6.07) is 0.231. The number of nitrogens with one attached hydrogen (secondary N) is 1. The van der Waals surface area contributed by atoms with Crippen molar-refractivity contribution in [3.05, 3.63) is 11.8 Å². The smallest absolute Gasteiger partial charge is 0.248 e. The molecule has 0 aromatic carbocycles. The molecule has 3 heterocycles. The maximum absolute atomic E-state index is 5.80. The molecule has 0 saturated carbocycles. The number of ether oxygens (including phenoxy) is 1. The van der Waals surface area contributed by atoms with E-state index >= 15 is 0 Å². The van der Waals surface area contributed by atoms with Crippen LogP contribution in [0.4, 0.5) is 0 Å². The second-order valence-electron chi connectivity index (χ2n) is 5.13. The van der Waals surface area contributed by atoms with Crippen molar-refractivity contribution in [1.82, 2.24) is 15.5 Å². The molecule has 1 N–H and O–H groups in total. The van der Waals surface area contributed by atoms with Crippen molar-refractivity contribution >= 4 is 0 Å². The summed E-state index contributed by atoms with van der Waals surface area (Å²) in [6.07, 6.45) is 5.57. The van der Waals surface area contributed by atoms with E-state index in [1.165, 1.54) is 12.8 Å². The molecule has 0 spiro atoms. The molecule has 2 aliphatic rings. The van der Waals surface area contributed by atoms with Crippen LogP contribution >= 0.6 is 0 Å². The maximum Gasteiger partial charge on any atom is 0.248 e.